The fraction of sp³-hybridized carbons (Fsp3) is 0.941. The zero-order valence-corrected chi connectivity index (χ0v) is 17.1. The molecule has 20 heavy (non-hydrogen) atoms. The summed E-state index contributed by atoms with van der Waals surface area (Å²) in [6.45, 7) is 2.27. The fourth-order valence-electron chi connectivity index (χ4n) is 2.47. The molecule has 0 aliphatic heterocycles. The number of hydrogen-bond acceptors (Lipinski definition) is 1. The summed E-state index contributed by atoms with van der Waals surface area (Å²) >= 11 is 0. The maximum Gasteiger partial charge on any atom is 2.00 e. The van der Waals surface area contributed by atoms with Crippen molar-refractivity contribution in [3.63, 3.8) is 0 Å². The van der Waals surface area contributed by atoms with Crippen LogP contribution in [0.2, 0.25) is 0 Å². The van der Waals surface area contributed by atoms with Crippen LogP contribution in [-0.2, 0) is 4.79 Å². The Morgan fingerprint density at radius 1 is 0.700 bits per heavy atom. The van der Waals surface area contributed by atoms with E-state index in [-0.39, 0.29) is 48.3 Å². The van der Waals surface area contributed by atoms with E-state index >= 15 is 0 Å². The molecule has 0 atom stereocenters. The molecule has 0 aliphatic carbocycles. The van der Waals surface area contributed by atoms with Crippen LogP contribution in [0.1, 0.15) is 106 Å². The molecule has 0 rings (SSSR count). The third-order valence-corrected chi connectivity index (χ3v) is 3.74. The van der Waals surface area contributed by atoms with Gasteiger partial charge in [0, 0.05) is 6.42 Å². The van der Waals surface area contributed by atoms with Crippen molar-refractivity contribution in [1.82, 2.24) is 0 Å². The Morgan fingerprint density at radius 3 is 1.30 bits per heavy atom. The minimum absolute atomic E-state index is 0. The van der Waals surface area contributed by atoms with Crippen LogP contribution in [0.15, 0.2) is 0 Å². The first-order valence-electron chi connectivity index (χ1n) is 8.49. The quantitative estimate of drug-likeness (QED) is 0.297. The molecule has 0 aromatic carbocycles. The van der Waals surface area contributed by atoms with Gasteiger partial charge in [0.05, 0.1) is 0 Å². The van der Waals surface area contributed by atoms with Gasteiger partial charge in [0.15, 0.2) is 0 Å². The van der Waals surface area contributed by atoms with Crippen LogP contribution < -0.4 is 0 Å². The van der Waals surface area contributed by atoms with Crippen LogP contribution in [0.4, 0.5) is 0 Å². The first-order valence-corrected chi connectivity index (χ1v) is 8.49. The van der Waals surface area contributed by atoms with Crippen molar-refractivity contribution in [2.24, 2.45) is 0 Å². The number of hydrogen-bond donors (Lipinski definition) is 1. The van der Waals surface area contributed by atoms with Gasteiger partial charge in [0.25, 0.3) is 0 Å². The number of carboxylic acids is 1. The molecule has 0 fully saturated rings. The largest absolute Gasteiger partial charge is 2.00 e. The molecule has 0 unspecified atom stereocenters. The Hall–Kier alpha value is 0.951. The van der Waals surface area contributed by atoms with E-state index in [9.17, 15) is 4.79 Å². The molecule has 3 heteroatoms. The van der Waals surface area contributed by atoms with E-state index in [1.165, 1.54) is 77.0 Å². The molecular weight excluding hydrogens is 324 g/mol. The molecule has 0 spiro atoms. The van der Waals surface area contributed by atoms with E-state index in [1.54, 1.807) is 0 Å². The summed E-state index contributed by atoms with van der Waals surface area (Å²) in [4.78, 5) is 10.3. The van der Waals surface area contributed by atoms with Crippen LogP contribution in [0, 0.1) is 0 Å². The molecular formula is C17H36O2Sr. The van der Waals surface area contributed by atoms with Crippen molar-refractivity contribution < 1.29 is 12.8 Å². The molecule has 0 bridgehead atoms. The molecule has 0 saturated heterocycles. The molecule has 0 amide bonds. The average molecular weight is 360 g/mol. The van der Waals surface area contributed by atoms with Crippen molar-refractivity contribution in [3.8, 4) is 0 Å². The molecule has 0 aromatic heterocycles. The molecule has 0 aromatic rings. The Kier molecular flexibility index (Phi) is 23.2. The summed E-state index contributed by atoms with van der Waals surface area (Å²) in [6, 6.07) is 0. The van der Waals surface area contributed by atoms with E-state index in [0.717, 1.165) is 12.8 Å². The zero-order chi connectivity index (χ0) is 14.2. The molecule has 118 valence electrons. The molecule has 0 aliphatic rings. The third kappa shape index (κ3) is 21.3. The van der Waals surface area contributed by atoms with Crippen molar-refractivity contribution >= 4 is 51.5 Å². The predicted molar refractivity (Wildman–Crippen MR) is 90.5 cm³/mol. The number of carboxylic acid groups (broad SMARTS) is 1. The van der Waals surface area contributed by atoms with Gasteiger partial charge in [-0.05, 0) is 6.42 Å². The molecule has 0 heterocycles. The Bertz CT molecular complexity index is 205. The van der Waals surface area contributed by atoms with Gasteiger partial charge in [0.2, 0.25) is 0 Å². The summed E-state index contributed by atoms with van der Waals surface area (Å²) in [7, 11) is 0. The SMILES string of the molecule is CCCCCCCCCCCCCCCCC(=O)O.[H-].[H-].[Sr+2]. The van der Waals surface area contributed by atoms with Crippen LogP contribution in [0.3, 0.4) is 0 Å². The minimum Gasteiger partial charge on any atom is -1.00 e. The number of carbonyl (C=O) groups is 1. The first-order chi connectivity index (χ1) is 9.27. The van der Waals surface area contributed by atoms with Crippen molar-refractivity contribution in [2.75, 3.05) is 0 Å². The average Bonchev–Trinajstić information content (AvgIpc) is 2.39. The second kappa shape index (κ2) is 20.0. The summed E-state index contributed by atoms with van der Waals surface area (Å²) in [5.74, 6) is -0.654. The van der Waals surface area contributed by atoms with Gasteiger partial charge >= 0.3 is 51.5 Å². The summed E-state index contributed by atoms with van der Waals surface area (Å²) in [5, 5.41) is 8.50. The standard InChI is InChI=1S/C17H34O2.Sr.2H/c1-2-3-4-5-6-7-8-9-10-11-12-13-14-15-16-17(18)19;;;/h2-16H2,1H3,(H,18,19);;;/q;+2;2*-1. The van der Waals surface area contributed by atoms with Crippen molar-refractivity contribution in [2.45, 2.75) is 103 Å². The third-order valence-electron chi connectivity index (χ3n) is 3.74. The van der Waals surface area contributed by atoms with E-state index < -0.39 is 5.97 Å². The van der Waals surface area contributed by atoms with Crippen LogP contribution in [0.5, 0.6) is 0 Å². The zero-order valence-electron chi connectivity index (χ0n) is 15.7. The van der Waals surface area contributed by atoms with E-state index in [0.29, 0.717) is 6.42 Å². The van der Waals surface area contributed by atoms with E-state index in [4.69, 9.17) is 5.11 Å². The number of aliphatic carboxylic acids is 1. The smallest absolute Gasteiger partial charge is 1.00 e. The van der Waals surface area contributed by atoms with E-state index in [2.05, 4.69) is 6.92 Å². The Balaban J connectivity index is -0.000000540. The minimum atomic E-state index is -0.654. The van der Waals surface area contributed by atoms with Crippen molar-refractivity contribution in [3.05, 3.63) is 0 Å². The van der Waals surface area contributed by atoms with Crippen molar-refractivity contribution in [1.29, 1.82) is 0 Å². The van der Waals surface area contributed by atoms with Gasteiger partial charge < -0.3 is 7.96 Å². The predicted octanol–water partition coefficient (Wildman–Crippen LogP) is 5.79. The fourth-order valence-corrected chi connectivity index (χ4v) is 2.47. The molecule has 2 nitrogen and oxygen atoms in total. The maximum atomic E-state index is 10.3. The summed E-state index contributed by atoms with van der Waals surface area (Å²) in [6.07, 6.45) is 18.7. The van der Waals surface area contributed by atoms with Gasteiger partial charge in [-0.15, -0.1) is 0 Å². The molecule has 1 N–H and O–H groups in total. The second-order valence-corrected chi connectivity index (χ2v) is 5.74. The summed E-state index contributed by atoms with van der Waals surface area (Å²) < 4.78 is 0. The van der Waals surface area contributed by atoms with Crippen LogP contribution in [0.25, 0.3) is 0 Å². The van der Waals surface area contributed by atoms with Crippen LogP contribution >= 0.6 is 0 Å². The van der Waals surface area contributed by atoms with Gasteiger partial charge in [-0.2, -0.15) is 0 Å². The topological polar surface area (TPSA) is 37.3 Å². The van der Waals surface area contributed by atoms with Crippen LogP contribution in [-0.4, -0.2) is 56.6 Å². The Morgan fingerprint density at radius 2 is 1.00 bits per heavy atom. The van der Waals surface area contributed by atoms with E-state index in [1.807, 2.05) is 0 Å². The van der Waals surface area contributed by atoms with Gasteiger partial charge in [-0.1, -0.05) is 90.4 Å². The number of unbranched alkanes of at least 4 members (excludes halogenated alkanes) is 13. The van der Waals surface area contributed by atoms with Gasteiger partial charge in [-0.25, -0.2) is 0 Å². The Labute approximate surface area is 166 Å². The molecule has 0 radical (unpaired) electrons. The van der Waals surface area contributed by atoms with Gasteiger partial charge in [-0.3, -0.25) is 4.79 Å². The monoisotopic (exact) mass is 360 g/mol. The normalized spacial score (nSPS) is 10.2. The maximum absolute atomic E-state index is 10.3. The number of rotatable bonds is 15. The van der Waals surface area contributed by atoms with Gasteiger partial charge in [0.1, 0.15) is 0 Å². The molecule has 0 saturated carbocycles. The first kappa shape index (κ1) is 23.2. The summed E-state index contributed by atoms with van der Waals surface area (Å²) in [5.41, 5.74) is 0. The second-order valence-electron chi connectivity index (χ2n) is 5.74.